The smallest absolute Gasteiger partial charge is 0.336 e. The first kappa shape index (κ1) is 20.6. The third-order valence-corrected chi connectivity index (χ3v) is 4.53. The lowest BCUT2D eigenvalue weighted by Crippen LogP contribution is -2.19. The molecule has 0 spiro atoms. The summed E-state index contributed by atoms with van der Waals surface area (Å²) in [5.74, 6) is -1.96. The van der Waals surface area contributed by atoms with Crippen molar-refractivity contribution in [2.45, 2.75) is 39.0 Å². The second kappa shape index (κ2) is 10.5. The number of benzene rings is 2. The molecule has 144 valence electrons. The van der Waals surface area contributed by atoms with Gasteiger partial charge in [-0.2, -0.15) is 0 Å². The standard InChI is InChI=1S/C22H27NO4/c1-2-3-4-8-14-23-15-13-17-11-12-18(22(26)27)19(21(17)25)20(24)16-9-6-5-7-10-16/h5-7,9-12,23,25H,2-4,8,13-15H2,1H3,(H,26,27). The van der Waals surface area contributed by atoms with Gasteiger partial charge in [-0.3, -0.25) is 4.79 Å². The number of carbonyl (C=O) groups excluding carboxylic acids is 1. The molecule has 0 bridgehead atoms. The van der Waals surface area contributed by atoms with Gasteiger partial charge in [0.25, 0.3) is 0 Å². The van der Waals surface area contributed by atoms with Gasteiger partial charge in [0.15, 0.2) is 5.78 Å². The molecule has 2 aromatic carbocycles. The maximum atomic E-state index is 12.8. The zero-order valence-electron chi connectivity index (χ0n) is 15.7. The van der Waals surface area contributed by atoms with Crippen LogP contribution in [0.4, 0.5) is 0 Å². The number of phenols is 1. The Balaban J connectivity index is 2.14. The normalized spacial score (nSPS) is 10.7. The molecular formula is C22H27NO4. The van der Waals surface area contributed by atoms with Crippen LogP contribution in [0.3, 0.4) is 0 Å². The largest absolute Gasteiger partial charge is 0.507 e. The summed E-state index contributed by atoms with van der Waals surface area (Å²) in [4.78, 5) is 24.3. The van der Waals surface area contributed by atoms with Gasteiger partial charge in [0, 0.05) is 5.56 Å². The second-order valence-corrected chi connectivity index (χ2v) is 6.56. The van der Waals surface area contributed by atoms with E-state index in [0.29, 0.717) is 24.1 Å². The number of nitrogens with one attached hydrogen (secondary N) is 1. The Hall–Kier alpha value is -2.66. The number of carboxylic acid groups (broad SMARTS) is 1. The number of hydrogen-bond acceptors (Lipinski definition) is 4. The van der Waals surface area contributed by atoms with E-state index in [9.17, 15) is 19.8 Å². The van der Waals surface area contributed by atoms with Crippen molar-refractivity contribution in [1.82, 2.24) is 5.32 Å². The molecule has 0 heterocycles. The van der Waals surface area contributed by atoms with Crippen LogP contribution in [0.15, 0.2) is 42.5 Å². The quantitative estimate of drug-likeness (QED) is 0.411. The number of aromatic carboxylic acids is 1. The first-order chi connectivity index (χ1) is 13.1. The number of aromatic hydroxyl groups is 1. The number of ketones is 1. The van der Waals surface area contributed by atoms with E-state index in [-0.39, 0.29) is 16.9 Å². The number of phenolic OH excluding ortho intramolecular Hbond substituents is 1. The van der Waals surface area contributed by atoms with Crippen LogP contribution in [0.1, 0.15) is 64.4 Å². The topological polar surface area (TPSA) is 86.6 Å². The molecule has 0 unspecified atom stereocenters. The SMILES string of the molecule is CCCCCCNCCc1ccc(C(=O)O)c(C(=O)c2ccccc2)c1O. The van der Waals surface area contributed by atoms with Crippen LogP contribution < -0.4 is 5.32 Å². The Morgan fingerprint density at radius 2 is 1.70 bits per heavy atom. The van der Waals surface area contributed by atoms with Gasteiger partial charge in [0.05, 0.1) is 11.1 Å². The van der Waals surface area contributed by atoms with Gasteiger partial charge in [-0.1, -0.05) is 62.6 Å². The third kappa shape index (κ3) is 5.66. The lowest BCUT2D eigenvalue weighted by molar-refractivity contribution is 0.0692. The number of rotatable bonds is 11. The summed E-state index contributed by atoms with van der Waals surface area (Å²) < 4.78 is 0. The zero-order valence-corrected chi connectivity index (χ0v) is 15.7. The molecule has 0 aliphatic carbocycles. The molecule has 0 fully saturated rings. The number of carboxylic acids is 1. The molecule has 0 saturated carbocycles. The van der Waals surface area contributed by atoms with Crippen LogP contribution in [0.2, 0.25) is 0 Å². The average molecular weight is 369 g/mol. The summed E-state index contributed by atoms with van der Waals surface area (Å²) in [6.07, 6.45) is 5.24. The van der Waals surface area contributed by atoms with Crippen molar-refractivity contribution in [3.8, 4) is 5.75 Å². The summed E-state index contributed by atoms with van der Waals surface area (Å²) in [7, 11) is 0. The molecule has 0 atom stereocenters. The van der Waals surface area contributed by atoms with Crippen LogP contribution in [0.5, 0.6) is 5.75 Å². The highest BCUT2D eigenvalue weighted by atomic mass is 16.4. The Kier molecular flexibility index (Phi) is 8.01. The molecule has 2 rings (SSSR count). The predicted octanol–water partition coefficient (Wildman–Crippen LogP) is 4.03. The van der Waals surface area contributed by atoms with Crippen molar-refractivity contribution in [2.75, 3.05) is 13.1 Å². The van der Waals surface area contributed by atoms with Crippen LogP contribution in [-0.2, 0) is 6.42 Å². The summed E-state index contributed by atoms with van der Waals surface area (Å²) in [5, 5.41) is 23.4. The van der Waals surface area contributed by atoms with Gasteiger partial charge in [0.2, 0.25) is 0 Å². The third-order valence-electron chi connectivity index (χ3n) is 4.53. The van der Waals surface area contributed by atoms with E-state index in [1.807, 2.05) is 0 Å². The lowest BCUT2D eigenvalue weighted by atomic mass is 9.94. The minimum absolute atomic E-state index is 0.144. The fourth-order valence-corrected chi connectivity index (χ4v) is 3.00. The summed E-state index contributed by atoms with van der Waals surface area (Å²) >= 11 is 0. The molecule has 0 amide bonds. The highest BCUT2D eigenvalue weighted by Crippen LogP contribution is 2.29. The summed E-state index contributed by atoms with van der Waals surface area (Å²) in [5.41, 5.74) is 0.591. The van der Waals surface area contributed by atoms with E-state index < -0.39 is 11.8 Å². The number of carbonyl (C=O) groups is 2. The van der Waals surface area contributed by atoms with Crippen LogP contribution in [-0.4, -0.2) is 35.1 Å². The van der Waals surface area contributed by atoms with Crippen molar-refractivity contribution >= 4 is 11.8 Å². The van der Waals surface area contributed by atoms with E-state index in [2.05, 4.69) is 12.2 Å². The molecule has 0 radical (unpaired) electrons. The first-order valence-corrected chi connectivity index (χ1v) is 9.44. The second-order valence-electron chi connectivity index (χ2n) is 6.56. The zero-order chi connectivity index (χ0) is 19.6. The Morgan fingerprint density at radius 1 is 0.963 bits per heavy atom. The summed E-state index contributed by atoms with van der Waals surface area (Å²) in [6, 6.07) is 11.4. The fraction of sp³-hybridized carbons (Fsp3) is 0.364. The van der Waals surface area contributed by atoms with Crippen molar-refractivity contribution in [3.63, 3.8) is 0 Å². The van der Waals surface area contributed by atoms with Crippen molar-refractivity contribution in [3.05, 3.63) is 64.7 Å². The van der Waals surface area contributed by atoms with Crippen molar-refractivity contribution < 1.29 is 19.8 Å². The molecule has 0 saturated heterocycles. The molecule has 5 heteroatoms. The van der Waals surface area contributed by atoms with Gasteiger partial charge in [0.1, 0.15) is 5.75 Å². The molecule has 0 aliphatic heterocycles. The molecule has 2 aromatic rings. The van der Waals surface area contributed by atoms with Gasteiger partial charge < -0.3 is 15.5 Å². The fourth-order valence-electron chi connectivity index (χ4n) is 3.00. The molecular weight excluding hydrogens is 342 g/mol. The molecule has 3 N–H and O–H groups in total. The average Bonchev–Trinajstić information content (AvgIpc) is 2.68. The molecule has 27 heavy (non-hydrogen) atoms. The van der Waals surface area contributed by atoms with E-state index in [1.165, 1.54) is 25.3 Å². The Morgan fingerprint density at radius 3 is 2.37 bits per heavy atom. The monoisotopic (exact) mass is 369 g/mol. The first-order valence-electron chi connectivity index (χ1n) is 9.44. The minimum Gasteiger partial charge on any atom is -0.507 e. The van der Waals surface area contributed by atoms with Crippen molar-refractivity contribution in [2.24, 2.45) is 0 Å². The maximum absolute atomic E-state index is 12.8. The van der Waals surface area contributed by atoms with Crippen molar-refractivity contribution in [1.29, 1.82) is 0 Å². The Bertz CT molecular complexity index is 771. The number of hydrogen-bond donors (Lipinski definition) is 3. The molecule has 0 aliphatic rings. The van der Waals surface area contributed by atoms with Gasteiger partial charge in [-0.25, -0.2) is 4.79 Å². The highest BCUT2D eigenvalue weighted by molar-refractivity contribution is 6.16. The number of unbranched alkanes of at least 4 members (excludes halogenated alkanes) is 3. The van der Waals surface area contributed by atoms with Crippen LogP contribution in [0.25, 0.3) is 0 Å². The predicted molar refractivity (Wildman–Crippen MR) is 106 cm³/mol. The van der Waals surface area contributed by atoms with E-state index in [0.717, 1.165) is 13.0 Å². The van der Waals surface area contributed by atoms with Crippen LogP contribution >= 0.6 is 0 Å². The summed E-state index contributed by atoms with van der Waals surface area (Å²) in [6.45, 7) is 3.74. The van der Waals surface area contributed by atoms with Gasteiger partial charge in [-0.15, -0.1) is 0 Å². The minimum atomic E-state index is -1.23. The lowest BCUT2D eigenvalue weighted by Gasteiger charge is -2.13. The Labute approximate surface area is 160 Å². The van der Waals surface area contributed by atoms with E-state index in [1.54, 1.807) is 36.4 Å². The van der Waals surface area contributed by atoms with Crippen LogP contribution in [0, 0.1) is 0 Å². The maximum Gasteiger partial charge on any atom is 0.336 e. The van der Waals surface area contributed by atoms with E-state index >= 15 is 0 Å². The molecule has 5 nitrogen and oxygen atoms in total. The van der Waals surface area contributed by atoms with E-state index in [4.69, 9.17) is 0 Å². The molecule has 0 aromatic heterocycles. The highest BCUT2D eigenvalue weighted by Gasteiger charge is 2.24. The van der Waals surface area contributed by atoms with Gasteiger partial charge in [-0.05, 0) is 37.6 Å². The van der Waals surface area contributed by atoms with Gasteiger partial charge >= 0.3 is 5.97 Å².